The maximum Gasteiger partial charge on any atom is 0.371 e. The molecular weight excluding hydrogens is 546 g/mol. The number of halogens is 1. The van der Waals surface area contributed by atoms with E-state index in [9.17, 15) is 38.7 Å². The average molecular weight is 564 g/mol. The maximum absolute atomic E-state index is 13.1. The minimum Gasteiger partial charge on any atom is -0.615 e. The third-order valence-corrected chi connectivity index (χ3v) is 8.66. The molecule has 1 aromatic rings. The number of fused-ring (bicyclic) bond motifs is 3. The van der Waals surface area contributed by atoms with E-state index in [1.165, 1.54) is 6.92 Å². The van der Waals surface area contributed by atoms with Crippen LogP contribution in [-0.2, 0) is 44.7 Å². The van der Waals surface area contributed by atoms with E-state index in [2.05, 4.69) is 15.5 Å². The molecule has 0 unspecified atom stereocenters. The van der Waals surface area contributed by atoms with Crippen molar-refractivity contribution in [3.63, 3.8) is 0 Å². The molecule has 2 amide bonds. The molecule has 3 fully saturated rings. The summed E-state index contributed by atoms with van der Waals surface area (Å²) in [5.74, 6) is -7.15. The van der Waals surface area contributed by atoms with Crippen LogP contribution < -0.4 is 11.1 Å². The molecule has 1 aromatic heterocycles. The molecule has 3 aliphatic rings. The van der Waals surface area contributed by atoms with Crippen molar-refractivity contribution in [2.45, 2.75) is 43.0 Å². The number of aliphatic carboxylic acids is 2. The molecule has 0 aliphatic carbocycles. The summed E-state index contributed by atoms with van der Waals surface area (Å²) >= 11 is 5.02. The molecule has 4 rings (SSSR count). The molecule has 0 saturated carbocycles. The first-order valence-electron chi connectivity index (χ1n) is 10.3. The Kier molecular flexibility index (Phi) is 6.76. The normalized spacial score (nSPS) is 30.0. The number of carboxylic acid groups (broad SMARTS) is 2. The van der Waals surface area contributed by atoms with Crippen molar-refractivity contribution in [1.29, 1.82) is 0 Å². The SMILES string of the molecule is CC[C@H](O/N=C(\C(=O)N[C@@H]1C(=O)N2[C@@H]1[S@@+]([O-])C[C@@H]1CC(=O)O[C@@]12C(=O)O)c1nc(N)sc1Cl)C(=O)O. The zero-order valence-electron chi connectivity index (χ0n) is 18.2. The van der Waals surface area contributed by atoms with Gasteiger partial charge in [-0.2, -0.15) is 0 Å². The van der Waals surface area contributed by atoms with Crippen LogP contribution in [0.15, 0.2) is 5.16 Å². The molecule has 36 heavy (non-hydrogen) atoms. The third kappa shape index (κ3) is 4.00. The molecule has 18 heteroatoms. The Morgan fingerprint density at radius 2 is 2.17 bits per heavy atom. The number of amides is 2. The molecular formula is C18H18ClN5O10S2. The van der Waals surface area contributed by atoms with Gasteiger partial charge in [-0.3, -0.25) is 14.4 Å². The van der Waals surface area contributed by atoms with Gasteiger partial charge in [0.05, 0.1) is 12.3 Å². The van der Waals surface area contributed by atoms with E-state index in [1.54, 1.807) is 0 Å². The molecule has 6 atom stereocenters. The fraction of sp³-hybridized carbons (Fsp3) is 0.500. The number of hydrogen-bond acceptors (Lipinski definition) is 12. The number of anilines is 1. The first-order chi connectivity index (χ1) is 16.9. The van der Waals surface area contributed by atoms with Gasteiger partial charge in [-0.1, -0.05) is 35.0 Å². The Bertz CT molecular complexity index is 1190. The number of nitrogens with zero attached hydrogens (tertiary/aromatic N) is 3. The van der Waals surface area contributed by atoms with Crippen LogP contribution in [0.3, 0.4) is 0 Å². The fourth-order valence-electron chi connectivity index (χ4n) is 4.17. The first kappa shape index (κ1) is 25.9. The number of thiazole rings is 1. The van der Waals surface area contributed by atoms with Gasteiger partial charge in [0.2, 0.25) is 11.5 Å². The zero-order chi connectivity index (χ0) is 26.5. The molecule has 0 aromatic carbocycles. The highest BCUT2D eigenvalue weighted by Crippen LogP contribution is 2.48. The Morgan fingerprint density at radius 1 is 1.47 bits per heavy atom. The van der Waals surface area contributed by atoms with E-state index >= 15 is 0 Å². The van der Waals surface area contributed by atoms with Crippen molar-refractivity contribution < 1.29 is 48.3 Å². The molecule has 0 spiro atoms. The minimum atomic E-state index is -2.32. The Balaban J connectivity index is 1.62. The Hall–Kier alpha value is -3.15. The molecule has 0 radical (unpaired) electrons. The van der Waals surface area contributed by atoms with Crippen molar-refractivity contribution in [1.82, 2.24) is 15.2 Å². The van der Waals surface area contributed by atoms with Crippen LogP contribution in [-0.4, -0.2) is 89.1 Å². The third-order valence-electron chi connectivity index (χ3n) is 5.82. The lowest BCUT2D eigenvalue weighted by molar-refractivity contribution is -0.216. The molecule has 15 nitrogen and oxygen atoms in total. The molecule has 0 bridgehead atoms. The lowest BCUT2D eigenvalue weighted by atomic mass is 9.89. The topological polar surface area (TPSA) is 234 Å². The average Bonchev–Trinajstić information content (AvgIpc) is 3.30. The molecule has 5 N–H and O–H groups in total. The summed E-state index contributed by atoms with van der Waals surface area (Å²) in [5, 5.41) is 23.5. The zero-order valence-corrected chi connectivity index (χ0v) is 20.6. The second-order valence-corrected chi connectivity index (χ2v) is 11.1. The van der Waals surface area contributed by atoms with Gasteiger partial charge in [-0.15, -0.1) is 0 Å². The summed E-state index contributed by atoms with van der Waals surface area (Å²) in [7, 11) is 0. The number of nitrogens with two attached hydrogens (primary N) is 1. The highest BCUT2D eigenvalue weighted by atomic mass is 35.5. The number of oxime groups is 1. The van der Waals surface area contributed by atoms with E-state index in [-0.39, 0.29) is 33.8 Å². The summed E-state index contributed by atoms with van der Waals surface area (Å²) in [5.41, 5.74) is 2.43. The van der Waals surface area contributed by atoms with Crippen molar-refractivity contribution in [2.24, 2.45) is 11.1 Å². The summed E-state index contributed by atoms with van der Waals surface area (Å²) in [6.45, 7) is 1.50. The lowest BCUT2D eigenvalue weighted by Gasteiger charge is -2.55. The predicted molar refractivity (Wildman–Crippen MR) is 121 cm³/mol. The maximum atomic E-state index is 13.1. The van der Waals surface area contributed by atoms with Crippen LogP contribution in [0.25, 0.3) is 0 Å². The number of aromatic nitrogens is 1. The Morgan fingerprint density at radius 3 is 2.72 bits per heavy atom. The number of rotatable bonds is 8. The van der Waals surface area contributed by atoms with E-state index in [0.717, 1.165) is 11.3 Å². The second kappa shape index (κ2) is 9.38. The van der Waals surface area contributed by atoms with Gasteiger partial charge < -0.3 is 35.4 Å². The number of hydrogen-bond donors (Lipinski definition) is 4. The summed E-state index contributed by atoms with van der Waals surface area (Å²) in [6.07, 6.45) is -1.75. The number of β-lactam (4-membered cyclic amide) rings is 1. The molecule has 3 aliphatic heterocycles. The highest BCUT2D eigenvalue weighted by Gasteiger charge is 2.76. The van der Waals surface area contributed by atoms with Gasteiger partial charge in [0.25, 0.3) is 17.5 Å². The second-order valence-electron chi connectivity index (χ2n) is 7.93. The van der Waals surface area contributed by atoms with Gasteiger partial charge in [-0.25, -0.2) is 19.5 Å². The number of nitrogen functional groups attached to an aromatic ring is 1. The predicted octanol–water partition coefficient (Wildman–Crippen LogP) is -1.28. The van der Waals surface area contributed by atoms with Crippen LogP contribution in [0.4, 0.5) is 5.13 Å². The lowest BCUT2D eigenvalue weighted by Crippen LogP contribution is -2.84. The van der Waals surface area contributed by atoms with E-state index < -0.39 is 75.8 Å². The van der Waals surface area contributed by atoms with Crippen LogP contribution in [0, 0.1) is 5.92 Å². The number of carboxylic acids is 2. The van der Waals surface area contributed by atoms with Crippen LogP contribution >= 0.6 is 22.9 Å². The number of esters is 1. The number of nitrogens with one attached hydrogen (secondary N) is 1. The standard InChI is InChI=1S/C18H18ClN5O10S2/c1-2-6(15(28)29)34-23-9(8-11(19)35-17(20)22-8)12(26)21-10-13(27)24-14(10)36(32)4-5-3-7(25)33-18(5,24)16(30)31/h5-6,10,14H,2-4H2,1H3,(H2,20,22)(H,21,26)(H,28,29)(H,30,31)/b23-9-/t5-,6-,10+,14+,18+,36-/m0/s1. The first-order valence-corrected chi connectivity index (χ1v) is 12.8. The van der Waals surface area contributed by atoms with Gasteiger partial charge in [-0.05, 0) is 17.6 Å². The van der Waals surface area contributed by atoms with E-state index in [4.69, 9.17) is 26.9 Å². The van der Waals surface area contributed by atoms with Gasteiger partial charge in [0, 0.05) is 0 Å². The minimum absolute atomic E-state index is 0.00501. The van der Waals surface area contributed by atoms with Crippen molar-refractivity contribution in [2.75, 3.05) is 11.5 Å². The van der Waals surface area contributed by atoms with Crippen LogP contribution in [0.5, 0.6) is 0 Å². The van der Waals surface area contributed by atoms with Gasteiger partial charge >= 0.3 is 17.9 Å². The number of carbonyl (C=O) groups excluding carboxylic acids is 3. The fourth-order valence-corrected chi connectivity index (χ4v) is 7.02. The largest absolute Gasteiger partial charge is 0.615 e. The number of carbonyl (C=O) groups is 5. The Labute approximate surface area is 213 Å². The van der Waals surface area contributed by atoms with Crippen molar-refractivity contribution in [3.8, 4) is 0 Å². The smallest absolute Gasteiger partial charge is 0.371 e. The molecule has 3 saturated heterocycles. The highest BCUT2D eigenvalue weighted by molar-refractivity contribution is 7.92. The summed E-state index contributed by atoms with van der Waals surface area (Å²) in [6, 6.07) is -1.48. The number of ether oxygens (including phenoxy) is 1. The quantitative estimate of drug-likeness (QED) is 0.0951. The van der Waals surface area contributed by atoms with Gasteiger partial charge in [0.15, 0.2) is 16.9 Å². The van der Waals surface area contributed by atoms with Gasteiger partial charge in [0.1, 0.15) is 15.8 Å². The van der Waals surface area contributed by atoms with Crippen LogP contribution in [0.2, 0.25) is 4.34 Å². The molecule has 4 heterocycles. The molecule has 194 valence electrons. The summed E-state index contributed by atoms with van der Waals surface area (Å²) < 4.78 is 17.8. The monoisotopic (exact) mass is 563 g/mol. The van der Waals surface area contributed by atoms with Crippen LogP contribution in [0.1, 0.15) is 25.5 Å². The van der Waals surface area contributed by atoms with Crippen molar-refractivity contribution in [3.05, 3.63) is 10.0 Å². The van der Waals surface area contributed by atoms with Crippen molar-refractivity contribution >= 4 is 74.7 Å². The van der Waals surface area contributed by atoms with E-state index in [0.29, 0.717) is 4.90 Å². The van der Waals surface area contributed by atoms with E-state index in [1.807, 2.05) is 0 Å². The summed E-state index contributed by atoms with van der Waals surface area (Å²) in [4.78, 5) is 70.8.